The number of carbonyl (C=O) groups is 2. The molecule has 1 fully saturated rings. The number of hydrogen-bond donors (Lipinski definition) is 4. The van der Waals surface area contributed by atoms with Crippen molar-refractivity contribution < 1.29 is 19.4 Å². The molecule has 1 saturated carbocycles. The fraction of sp³-hybridized carbons (Fsp3) is 0.812. The van der Waals surface area contributed by atoms with E-state index < -0.39 is 17.5 Å². The first-order chi connectivity index (χ1) is 11.3. The lowest BCUT2D eigenvalue weighted by molar-refractivity contribution is -0.141. The number of amides is 1. The van der Waals surface area contributed by atoms with Crippen molar-refractivity contribution in [3.05, 3.63) is 0 Å². The number of nitrogens with two attached hydrogens (primary N) is 1. The molecule has 5 N–H and O–H groups in total. The van der Waals surface area contributed by atoms with Crippen LogP contribution in [0, 0.1) is 11.8 Å². The van der Waals surface area contributed by atoms with Crippen LogP contribution < -0.4 is 16.6 Å². The van der Waals surface area contributed by atoms with Gasteiger partial charge in [0.25, 0.3) is 0 Å². The van der Waals surface area contributed by atoms with Gasteiger partial charge in [-0.2, -0.15) is 0 Å². The molecule has 0 heterocycles. The van der Waals surface area contributed by atoms with E-state index in [9.17, 15) is 14.7 Å². The monoisotopic (exact) mass is 342 g/mol. The lowest BCUT2D eigenvalue weighted by atomic mass is 9.79. The van der Waals surface area contributed by atoms with Crippen LogP contribution in [0.4, 0.5) is 0 Å². The minimum atomic E-state index is -0.838. The summed E-state index contributed by atoms with van der Waals surface area (Å²) >= 11 is 0. The molecule has 5 atom stereocenters. The van der Waals surface area contributed by atoms with Gasteiger partial charge in [0.05, 0.1) is 29.9 Å². The second-order valence-electron chi connectivity index (χ2n) is 6.63. The first kappa shape index (κ1) is 20.4. The molecule has 1 amide bonds. The van der Waals surface area contributed by atoms with E-state index >= 15 is 0 Å². The molecule has 1 aliphatic carbocycles. The third kappa shape index (κ3) is 4.91. The molecule has 8 nitrogen and oxygen atoms in total. The largest absolute Gasteiger partial charge is 0.481 e. The Bertz CT molecular complexity index is 471. The standard InChI is InChI=1S/C16H30N4O4/c1-5-6-16(3,24-4)14(20-10(2)21)12-7-11(15(22)23)8-13(12)18-9-19-17/h9,11-14H,5-8,17H2,1-4H3,(H,18,19)(H,20,21)(H,22,23)/t11-,12+,13+,14+,16-/m0/s1. The van der Waals surface area contributed by atoms with E-state index in [1.54, 1.807) is 7.11 Å². The van der Waals surface area contributed by atoms with Gasteiger partial charge in [0.1, 0.15) is 0 Å². The SMILES string of the molecule is CCC[C@](C)(OC)[C@H](NC(C)=O)[C@@H]1C[C@H](C(=O)O)C[C@H]1N=CNN. The van der Waals surface area contributed by atoms with E-state index in [0.717, 1.165) is 12.8 Å². The number of nitrogens with zero attached hydrogens (tertiary/aromatic N) is 1. The first-order valence-electron chi connectivity index (χ1n) is 8.31. The van der Waals surface area contributed by atoms with Crippen LogP contribution in [0.1, 0.15) is 46.5 Å². The smallest absolute Gasteiger partial charge is 0.306 e. The van der Waals surface area contributed by atoms with Crippen LogP contribution in [0.5, 0.6) is 0 Å². The lowest BCUT2D eigenvalue weighted by Gasteiger charge is -2.41. The van der Waals surface area contributed by atoms with Gasteiger partial charge >= 0.3 is 5.97 Å². The highest BCUT2D eigenvalue weighted by molar-refractivity contribution is 5.74. The number of aliphatic imine (C=N–C) groups is 1. The highest BCUT2D eigenvalue weighted by atomic mass is 16.5. The lowest BCUT2D eigenvalue weighted by Crippen LogP contribution is -2.57. The van der Waals surface area contributed by atoms with Crippen molar-refractivity contribution in [3.63, 3.8) is 0 Å². The molecule has 0 aromatic carbocycles. The van der Waals surface area contributed by atoms with E-state index in [-0.39, 0.29) is 23.9 Å². The van der Waals surface area contributed by atoms with E-state index in [4.69, 9.17) is 10.6 Å². The second-order valence-corrected chi connectivity index (χ2v) is 6.63. The molecule has 24 heavy (non-hydrogen) atoms. The summed E-state index contributed by atoms with van der Waals surface area (Å²) in [7, 11) is 1.62. The van der Waals surface area contributed by atoms with Gasteiger partial charge in [0.15, 0.2) is 0 Å². The zero-order valence-electron chi connectivity index (χ0n) is 14.9. The van der Waals surface area contributed by atoms with E-state index in [0.29, 0.717) is 12.8 Å². The van der Waals surface area contributed by atoms with Gasteiger partial charge in [-0.25, -0.2) is 5.84 Å². The van der Waals surface area contributed by atoms with E-state index in [2.05, 4.69) is 15.7 Å². The van der Waals surface area contributed by atoms with Crippen LogP contribution in [0.15, 0.2) is 4.99 Å². The summed E-state index contributed by atoms with van der Waals surface area (Å²) < 4.78 is 5.75. The average molecular weight is 342 g/mol. The highest BCUT2D eigenvalue weighted by Crippen LogP contribution is 2.40. The Morgan fingerprint density at radius 3 is 2.62 bits per heavy atom. The molecule has 1 rings (SSSR count). The number of hydrazine groups is 1. The van der Waals surface area contributed by atoms with Gasteiger partial charge in [0.2, 0.25) is 5.91 Å². The predicted octanol–water partition coefficient (Wildman–Crippen LogP) is 0.667. The predicted molar refractivity (Wildman–Crippen MR) is 91.4 cm³/mol. The van der Waals surface area contributed by atoms with Crippen LogP contribution in [0.2, 0.25) is 0 Å². The number of methoxy groups -OCH3 is 1. The average Bonchev–Trinajstić information content (AvgIpc) is 2.94. The number of aliphatic carboxylic acids is 1. The molecule has 1 aliphatic rings. The number of carboxylic acid groups (broad SMARTS) is 1. The molecular formula is C16H30N4O4. The third-order valence-electron chi connectivity index (χ3n) is 4.92. The first-order valence-corrected chi connectivity index (χ1v) is 8.31. The fourth-order valence-electron chi connectivity index (χ4n) is 3.73. The molecule has 0 saturated heterocycles. The van der Waals surface area contributed by atoms with Crippen molar-refractivity contribution in [1.82, 2.24) is 10.7 Å². The van der Waals surface area contributed by atoms with Crippen LogP contribution in [0.3, 0.4) is 0 Å². The van der Waals surface area contributed by atoms with Gasteiger partial charge in [-0.3, -0.25) is 14.6 Å². The van der Waals surface area contributed by atoms with Crippen molar-refractivity contribution >= 4 is 18.2 Å². The Balaban J connectivity index is 3.18. The van der Waals surface area contributed by atoms with Gasteiger partial charge in [-0.05, 0) is 26.2 Å². The van der Waals surface area contributed by atoms with Crippen LogP contribution >= 0.6 is 0 Å². The number of hydrogen-bond acceptors (Lipinski definition) is 5. The quantitative estimate of drug-likeness (QED) is 0.211. The summed E-state index contributed by atoms with van der Waals surface area (Å²) in [5, 5.41) is 12.4. The topological polar surface area (TPSA) is 126 Å². The molecular weight excluding hydrogens is 312 g/mol. The molecule has 0 bridgehead atoms. The summed E-state index contributed by atoms with van der Waals surface area (Å²) in [6, 6.07) is -0.574. The Kier molecular flexibility index (Phi) is 7.62. The fourth-order valence-corrected chi connectivity index (χ4v) is 3.73. The van der Waals surface area contributed by atoms with Crippen LogP contribution in [0.25, 0.3) is 0 Å². The summed E-state index contributed by atoms with van der Waals surface area (Å²) in [6.07, 6.45) is 3.86. The van der Waals surface area contributed by atoms with Crippen molar-refractivity contribution in [2.75, 3.05) is 7.11 Å². The number of rotatable bonds is 9. The minimum absolute atomic E-state index is 0.143. The van der Waals surface area contributed by atoms with E-state index in [1.807, 2.05) is 13.8 Å². The third-order valence-corrected chi connectivity index (χ3v) is 4.92. The van der Waals surface area contributed by atoms with Gasteiger partial charge in [0, 0.05) is 20.0 Å². The van der Waals surface area contributed by atoms with Crippen molar-refractivity contribution in [2.45, 2.75) is 64.1 Å². The van der Waals surface area contributed by atoms with Crippen LogP contribution in [-0.4, -0.2) is 48.1 Å². The summed E-state index contributed by atoms with van der Waals surface area (Å²) in [5.41, 5.74) is 1.76. The van der Waals surface area contributed by atoms with Crippen LogP contribution in [-0.2, 0) is 14.3 Å². The zero-order valence-corrected chi connectivity index (χ0v) is 14.9. The number of nitrogens with one attached hydrogen (secondary N) is 2. The summed E-state index contributed by atoms with van der Waals surface area (Å²) in [5.74, 6) is 3.61. The maximum Gasteiger partial charge on any atom is 0.306 e. The Morgan fingerprint density at radius 2 is 2.17 bits per heavy atom. The van der Waals surface area contributed by atoms with Crippen molar-refractivity contribution in [2.24, 2.45) is 22.7 Å². The molecule has 0 spiro atoms. The summed E-state index contributed by atoms with van der Waals surface area (Å²) in [4.78, 5) is 27.6. The Hall–Kier alpha value is -1.67. The molecule has 8 heteroatoms. The second kappa shape index (κ2) is 8.98. The van der Waals surface area contributed by atoms with Gasteiger partial charge in [-0.15, -0.1) is 0 Å². The number of carbonyl (C=O) groups excluding carboxylic acids is 1. The van der Waals surface area contributed by atoms with Gasteiger partial charge in [-0.1, -0.05) is 13.3 Å². The number of ether oxygens (including phenoxy) is 1. The van der Waals surface area contributed by atoms with E-state index in [1.165, 1.54) is 13.3 Å². The molecule has 0 aromatic heterocycles. The number of carboxylic acids is 1. The Morgan fingerprint density at radius 1 is 1.50 bits per heavy atom. The maximum atomic E-state index is 11.8. The molecule has 0 unspecified atom stereocenters. The zero-order chi connectivity index (χ0) is 18.3. The Labute approximate surface area is 143 Å². The molecule has 0 radical (unpaired) electrons. The minimum Gasteiger partial charge on any atom is -0.481 e. The molecule has 138 valence electrons. The summed E-state index contributed by atoms with van der Waals surface area (Å²) in [6.45, 7) is 5.45. The highest BCUT2D eigenvalue weighted by Gasteiger charge is 2.48. The van der Waals surface area contributed by atoms with Crippen molar-refractivity contribution in [3.8, 4) is 0 Å². The maximum absolute atomic E-state index is 11.8. The molecule has 0 aliphatic heterocycles. The van der Waals surface area contributed by atoms with Gasteiger partial charge < -0.3 is 20.6 Å². The normalized spacial score (nSPS) is 27.6. The molecule has 0 aromatic rings. The van der Waals surface area contributed by atoms with Crippen molar-refractivity contribution in [1.29, 1.82) is 0 Å².